The fraction of sp³-hybridized carbons (Fsp3) is 0.562. The lowest BCUT2D eigenvalue weighted by Gasteiger charge is -2.32. The van der Waals surface area contributed by atoms with Crippen LogP contribution < -0.4 is 0 Å². The van der Waals surface area contributed by atoms with E-state index in [1.807, 2.05) is 45.8 Å². The van der Waals surface area contributed by atoms with E-state index >= 15 is 0 Å². The summed E-state index contributed by atoms with van der Waals surface area (Å²) in [7, 11) is -0.374. The predicted molar refractivity (Wildman–Crippen MR) is 84.6 cm³/mol. The zero-order chi connectivity index (χ0) is 15.9. The van der Waals surface area contributed by atoms with Crippen LogP contribution in [0.5, 0.6) is 0 Å². The van der Waals surface area contributed by atoms with Gasteiger partial charge in [0, 0.05) is 18.0 Å². The van der Waals surface area contributed by atoms with E-state index in [0.717, 1.165) is 11.1 Å². The predicted octanol–water partition coefficient (Wildman–Crippen LogP) is 2.95. The van der Waals surface area contributed by atoms with Crippen molar-refractivity contribution in [1.29, 1.82) is 0 Å². The second kappa shape index (κ2) is 5.23. The van der Waals surface area contributed by atoms with Crippen molar-refractivity contribution in [3.63, 3.8) is 0 Å². The molecule has 21 heavy (non-hydrogen) atoms. The molecular weight excluding hydrogens is 265 g/mol. The molecule has 0 spiro atoms. The average molecular weight is 289 g/mol. The van der Waals surface area contributed by atoms with Crippen molar-refractivity contribution in [2.45, 2.75) is 58.3 Å². The average Bonchev–Trinajstić information content (AvgIpc) is 2.55. The van der Waals surface area contributed by atoms with E-state index in [4.69, 9.17) is 9.31 Å². The summed E-state index contributed by atoms with van der Waals surface area (Å²) in [5.41, 5.74) is 0.105. The van der Waals surface area contributed by atoms with Gasteiger partial charge in [0.2, 0.25) is 0 Å². The highest BCUT2D eigenvalue weighted by molar-refractivity contribution is 6.52. The Labute approximate surface area is 127 Å². The van der Waals surface area contributed by atoms with Crippen molar-refractivity contribution < 1.29 is 14.4 Å². The Morgan fingerprint density at radius 3 is 2.24 bits per heavy atom. The first-order valence-corrected chi connectivity index (χ1v) is 7.23. The molecule has 1 fully saturated rings. The van der Waals surface area contributed by atoms with Crippen molar-refractivity contribution in [1.82, 2.24) is 4.98 Å². The Kier molecular flexibility index (Phi) is 4.04. The Balaban J connectivity index is 2.13. The SMILES string of the molecule is CC(C)(O)c1cncc(/C=C/B2OC(C)(C)C(C)(C)O2)c1. The fourth-order valence-electron chi connectivity index (χ4n) is 2.04. The molecule has 2 rings (SSSR count). The number of hydrogen-bond donors (Lipinski definition) is 1. The maximum Gasteiger partial charge on any atom is 0.487 e. The molecule has 0 radical (unpaired) electrons. The lowest BCUT2D eigenvalue weighted by molar-refractivity contribution is 0.00578. The van der Waals surface area contributed by atoms with Crippen LogP contribution in [-0.4, -0.2) is 28.4 Å². The largest absolute Gasteiger partial charge is 0.487 e. The lowest BCUT2D eigenvalue weighted by Crippen LogP contribution is -2.41. The molecular formula is C16H24BNO3. The number of nitrogens with zero attached hydrogens (tertiary/aromatic N) is 1. The molecule has 114 valence electrons. The van der Waals surface area contributed by atoms with Gasteiger partial charge >= 0.3 is 7.12 Å². The van der Waals surface area contributed by atoms with Crippen LogP contribution in [0.2, 0.25) is 0 Å². The lowest BCUT2D eigenvalue weighted by atomic mass is 9.89. The van der Waals surface area contributed by atoms with Crippen molar-refractivity contribution >= 4 is 13.2 Å². The van der Waals surface area contributed by atoms with Gasteiger partial charge in [-0.2, -0.15) is 0 Å². The number of hydrogen-bond acceptors (Lipinski definition) is 4. The number of rotatable bonds is 3. The quantitative estimate of drug-likeness (QED) is 0.869. The first kappa shape index (κ1) is 16.2. The molecule has 1 aliphatic heterocycles. The molecule has 1 aromatic heterocycles. The van der Waals surface area contributed by atoms with E-state index in [1.165, 1.54) is 0 Å². The number of pyridine rings is 1. The third kappa shape index (κ3) is 3.54. The number of aromatic nitrogens is 1. The molecule has 0 unspecified atom stereocenters. The summed E-state index contributed by atoms with van der Waals surface area (Å²) in [5, 5.41) is 10.0. The van der Waals surface area contributed by atoms with Crippen LogP contribution in [0.4, 0.5) is 0 Å². The molecule has 2 heterocycles. The zero-order valence-electron chi connectivity index (χ0n) is 13.7. The van der Waals surface area contributed by atoms with Gasteiger partial charge in [-0.1, -0.05) is 12.1 Å². The molecule has 1 aromatic rings. The van der Waals surface area contributed by atoms with Crippen molar-refractivity contribution in [2.24, 2.45) is 0 Å². The Hall–Kier alpha value is -1.17. The minimum Gasteiger partial charge on any atom is -0.400 e. The summed E-state index contributed by atoms with van der Waals surface area (Å²) < 4.78 is 11.8. The van der Waals surface area contributed by atoms with Gasteiger partial charge in [0.25, 0.3) is 0 Å². The second-order valence-electron chi connectivity index (χ2n) is 7.05. The Morgan fingerprint density at radius 1 is 1.14 bits per heavy atom. The summed E-state index contributed by atoms with van der Waals surface area (Å²) in [6, 6.07) is 1.91. The van der Waals surface area contributed by atoms with Crippen LogP contribution in [-0.2, 0) is 14.9 Å². The highest BCUT2D eigenvalue weighted by Crippen LogP contribution is 2.37. The van der Waals surface area contributed by atoms with Crippen LogP contribution >= 0.6 is 0 Å². The van der Waals surface area contributed by atoms with Gasteiger partial charge in [0.15, 0.2) is 0 Å². The summed E-state index contributed by atoms with van der Waals surface area (Å²) in [5.74, 6) is 1.88. The monoisotopic (exact) mass is 289 g/mol. The van der Waals surface area contributed by atoms with Gasteiger partial charge in [-0.3, -0.25) is 4.98 Å². The van der Waals surface area contributed by atoms with Crippen LogP contribution in [0.25, 0.3) is 6.08 Å². The minimum atomic E-state index is -0.902. The molecule has 0 amide bonds. The number of aliphatic hydroxyl groups is 1. The van der Waals surface area contributed by atoms with Crippen molar-refractivity contribution in [2.75, 3.05) is 0 Å². The van der Waals surface area contributed by atoms with Crippen LogP contribution in [0.3, 0.4) is 0 Å². The van der Waals surface area contributed by atoms with Gasteiger partial charge < -0.3 is 14.4 Å². The third-order valence-corrected chi connectivity index (χ3v) is 4.18. The zero-order valence-corrected chi connectivity index (χ0v) is 13.7. The third-order valence-electron chi connectivity index (χ3n) is 4.18. The summed E-state index contributed by atoms with van der Waals surface area (Å²) in [6.07, 6.45) is 5.33. The smallest absolute Gasteiger partial charge is 0.400 e. The molecule has 0 aromatic carbocycles. The minimum absolute atomic E-state index is 0.338. The standard InChI is InChI=1S/C16H24BNO3/c1-14(2,19)13-9-12(10-18-11-13)7-8-17-20-15(3,4)16(5,6)21-17/h7-11,19H,1-6H3/b8-7+. The van der Waals surface area contributed by atoms with E-state index in [0.29, 0.717) is 0 Å². The molecule has 0 atom stereocenters. The van der Waals surface area contributed by atoms with E-state index in [9.17, 15) is 5.11 Å². The van der Waals surface area contributed by atoms with Crippen molar-refractivity contribution in [3.8, 4) is 0 Å². The van der Waals surface area contributed by atoms with E-state index in [2.05, 4.69) is 4.98 Å². The molecule has 1 saturated heterocycles. The highest BCUT2D eigenvalue weighted by atomic mass is 16.7. The van der Waals surface area contributed by atoms with Crippen molar-refractivity contribution in [3.05, 3.63) is 35.6 Å². The summed E-state index contributed by atoms with van der Waals surface area (Å²) >= 11 is 0. The van der Waals surface area contributed by atoms with Gasteiger partial charge in [-0.15, -0.1) is 0 Å². The second-order valence-corrected chi connectivity index (χ2v) is 7.05. The Morgan fingerprint density at radius 2 is 1.71 bits per heavy atom. The molecule has 0 bridgehead atoms. The molecule has 0 saturated carbocycles. The van der Waals surface area contributed by atoms with Gasteiger partial charge in [-0.05, 0) is 53.2 Å². The van der Waals surface area contributed by atoms with E-state index in [-0.39, 0.29) is 18.3 Å². The molecule has 5 heteroatoms. The van der Waals surface area contributed by atoms with E-state index < -0.39 is 5.60 Å². The molecule has 1 aliphatic rings. The first-order valence-electron chi connectivity index (χ1n) is 7.23. The van der Waals surface area contributed by atoms with Gasteiger partial charge in [0.05, 0.1) is 16.8 Å². The summed E-state index contributed by atoms with van der Waals surface area (Å²) in [6.45, 7) is 11.6. The summed E-state index contributed by atoms with van der Waals surface area (Å²) in [4.78, 5) is 4.16. The van der Waals surface area contributed by atoms with Gasteiger partial charge in [0.1, 0.15) is 0 Å². The van der Waals surface area contributed by atoms with E-state index in [1.54, 1.807) is 26.2 Å². The molecule has 4 nitrogen and oxygen atoms in total. The normalized spacial score (nSPS) is 21.2. The van der Waals surface area contributed by atoms with Crippen LogP contribution in [0, 0.1) is 0 Å². The highest BCUT2D eigenvalue weighted by Gasteiger charge is 2.49. The topological polar surface area (TPSA) is 51.6 Å². The maximum atomic E-state index is 10.0. The first-order chi connectivity index (χ1) is 9.51. The van der Waals surface area contributed by atoms with Crippen LogP contribution in [0.15, 0.2) is 24.4 Å². The molecule has 0 aliphatic carbocycles. The van der Waals surface area contributed by atoms with Gasteiger partial charge in [-0.25, -0.2) is 0 Å². The van der Waals surface area contributed by atoms with Crippen LogP contribution in [0.1, 0.15) is 52.7 Å². The maximum absolute atomic E-state index is 10.0. The Bertz CT molecular complexity index is 531. The molecule has 1 N–H and O–H groups in total. The fourth-order valence-corrected chi connectivity index (χ4v) is 2.04.